The Morgan fingerprint density at radius 2 is 2.19 bits per heavy atom. The summed E-state index contributed by atoms with van der Waals surface area (Å²) >= 11 is 1.56. The molecular weight excluding hydrogens is 288 g/mol. The number of hydrogen-bond acceptors (Lipinski definition) is 6. The third-order valence-electron chi connectivity index (χ3n) is 3.61. The van der Waals surface area contributed by atoms with Crippen molar-refractivity contribution >= 4 is 28.3 Å². The van der Waals surface area contributed by atoms with Crippen molar-refractivity contribution < 1.29 is 9.59 Å². The molecule has 21 heavy (non-hydrogen) atoms. The van der Waals surface area contributed by atoms with Gasteiger partial charge in [-0.05, 0) is 26.8 Å². The molecule has 2 unspecified atom stereocenters. The van der Waals surface area contributed by atoms with Crippen LogP contribution < -0.4 is 15.5 Å². The number of thiazole rings is 1. The fraction of sp³-hybridized carbons (Fsp3) is 0.643. The van der Waals surface area contributed by atoms with Gasteiger partial charge in [-0.1, -0.05) is 25.2 Å². The summed E-state index contributed by atoms with van der Waals surface area (Å²) in [5.74, 6) is -0.498. The summed E-state index contributed by atoms with van der Waals surface area (Å²) in [6.07, 6.45) is 0.649. The fourth-order valence-electron chi connectivity index (χ4n) is 2.59. The van der Waals surface area contributed by atoms with Gasteiger partial charge in [0.05, 0.1) is 5.69 Å². The molecule has 0 aliphatic carbocycles. The Balaban J connectivity index is 2.29. The Hall–Kier alpha value is -1.47. The van der Waals surface area contributed by atoms with E-state index >= 15 is 0 Å². The van der Waals surface area contributed by atoms with Gasteiger partial charge in [-0.15, -0.1) is 0 Å². The van der Waals surface area contributed by atoms with E-state index < -0.39 is 0 Å². The lowest BCUT2D eigenvalue weighted by Crippen LogP contribution is -2.58. The van der Waals surface area contributed by atoms with Crippen LogP contribution in [0.25, 0.3) is 0 Å². The van der Waals surface area contributed by atoms with Gasteiger partial charge in [-0.2, -0.15) is 0 Å². The number of amides is 2. The van der Waals surface area contributed by atoms with Gasteiger partial charge in [0.1, 0.15) is 12.6 Å². The summed E-state index contributed by atoms with van der Waals surface area (Å²) in [7, 11) is 0. The molecular formula is C14H22N4O2S. The maximum absolute atomic E-state index is 11.9. The molecule has 7 heteroatoms. The second-order valence-corrected chi connectivity index (χ2v) is 6.20. The second-order valence-electron chi connectivity index (χ2n) is 5.19. The Morgan fingerprint density at radius 1 is 1.48 bits per heavy atom. The van der Waals surface area contributed by atoms with Crippen LogP contribution in [-0.4, -0.2) is 35.9 Å². The largest absolute Gasteiger partial charge is 0.327 e. The van der Waals surface area contributed by atoms with E-state index in [1.54, 1.807) is 11.3 Å². The topological polar surface area (TPSA) is 74.3 Å². The molecule has 2 heterocycles. The molecule has 1 fully saturated rings. The first kappa shape index (κ1) is 15.9. The molecule has 6 nitrogen and oxygen atoms in total. The zero-order valence-corrected chi connectivity index (χ0v) is 13.7. The van der Waals surface area contributed by atoms with E-state index in [1.807, 2.05) is 18.7 Å². The minimum absolute atomic E-state index is 0.187. The number of aromatic nitrogens is 1. The van der Waals surface area contributed by atoms with E-state index in [0.717, 1.165) is 22.2 Å². The van der Waals surface area contributed by atoms with Gasteiger partial charge in [0, 0.05) is 10.9 Å². The smallest absolute Gasteiger partial charge is 0.249 e. The average Bonchev–Trinajstić information content (AvgIpc) is 2.80. The average molecular weight is 310 g/mol. The van der Waals surface area contributed by atoms with Crippen LogP contribution in [0.15, 0.2) is 0 Å². The van der Waals surface area contributed by atoms with E-state index in [4.69, 9.17) is 0 Å². The van der Waals surface area contributed by atoms with Crippen LogP contribution in [0.5, 0.6) is 0 Å². The molecule has 1 aliphatic rings. The SMILES string of the molecule is CCNC(C)c1sc(N2CC(=O)NC(=O)C2CC)nc1C. The predicted octanol–water partition coefficient (Wildman–Crippen LogP) is 1.36. The number of hydrogen-bond donors (Lipinski definition) is 2. The molecule has 2 rings (SSSR count). The predicted molar refractivity (Wildman–Crippen MR) is 83.5 cm³/mol. The maximum Gasteiger partial charge on any atom is 0.249 e. The van der Waals surface area contributed by atoms with Crippen LogP contribution in [-0.2, 0) is 9.59 Å². The quantitative estimate of drug-likeness (QED) is 0.803. The van der Waals surface area contributed by atoms with Crippen molar-refractivity contribution in [3.63, 3.8) is 0 Å². The van der Waals surface area contributed by atoms with Crippen LogP contribution >= 0.6 is 11.3 Å². The maximum atomic E-state index is 11.9. The number of aryl methyl sites for hydroxylation is 1. The van der Waals surface area contributed by atoms with E-state index in [9.17, 15) is 9.59 Å². The summed E-state index contributed by atoms with van der Waals surface area (Å²) in [5.41, 5.74) is 0.955. The van der Waals surface area contributed by atoms with Gasteiger partial charge < -0.3 is 10.2 Å². The number of carbonyl (C=O) groups excluding carboxylic acids is 2. The Kier molecular flexibility index (Phi) is 4.95. The number of anilines is 1. The lowest BCUT2D eigenvalue weighted by Gasteiger charge is -2.33. The molecule has 0 aromatic carbocycles. The zero-order valence-electron chi connectivity index (χ0n) is 12.9. The van der Waals surface area contributed by atoms with Crippen molar-refractivity contribution in [1.82, 2.24) is 15.6 Å². The lowest BCUT2D eigenvalue weighted by molar-refractivity contribution is -0.132. The molecule has 2 N–H and O–H groups in total. The highest BCUT2D eigenvalue weighted by Crippen LogP contribution is 2.32. The normalized spacial score (nSPS) is 20.6. The fourth-order valence-corrected chi connectivity index (χ4v) is 3.73. The first-order valence-electron chi connectivity index (χ1n) is 7.28. The van der Waals surface area contributed by atoms with E-state index in [1.165, 1.54) is 0 Å². The van der Waals surface area contributed by atoms with E-state index in [-0.39, 0.29) is 30.4 Å². The van der Waals surface area contributed by atoms with Gasteiger partial charge >= 0.3 is 0 Å². The van der Waals surface area contributed by atoms with Crippen molar-refractivity contribution in [3.8, 4) is 0 Å². The van der Waals surface area contributed by atoms with Gasteiger partial charge in [0.2, 0.25) is 11.8 Å². The Labute approximate surface area is 128 Å². The molecule has 1 saturated heterocycles. The molecule has 0 spiro atoms. The van der Waals surface area contributed by atoms with E-state index in [0.29, 0.717) is 6.42 Å². The van der Waals surface area contributed by atoms with Gasteiger partial charge in [0.15, 0.2) is 5.13 Å². The van der Waals surface area contributed by atoms with Crippen LogP contribution in [0.2, 0.25) is 0 Å². The van der Waals surface area contributed by atoms with Gasteiger partial charge in [0.25, 0.3) is 0 Å². The van der Waals surface area contributed by atoms with Crippen molar-refractivity contribution in [2.45, 2.75) is 46.2 Å². The number of nitrogens with zero attached hydrogens (tertiary/aromatic N) is 2. The van der Waals surface area contributed by atoms with Crippen molar-refractivity contribution in [1.29, 1.82) is 0 Å². The minimum Gasteiger partial charge on any atom is -0.327 e. The summed E-state index contributed by atoms with van der Waals surface area (Å²) < 4.78 is 0. The summed E-state index contributed by atoms with van der Waals surface area (Å²) in [6, 6.07) is -0.105. The lowest BCUT2D eigenvalue weighted by atomic mass is 10.1. The number of carbonyl (C=O) groups is 2. The summed E-state index contributed by atoms with van der Waals surface area (Å²) in [6.45, 7) is 9.14. The highest BCUT2D eigenvalue weighted by molar-refractivity contribution is 7.15. The second kappa shape index (κ2) is 6.53. The molecule has 1 aromatic rings. The molecule has 0 saturated carbocycles. The standard InChI is InChI=1S/C14H22N4O2S/c1-5-10-13(20)17-11(19)7-18(10)14-16-9(4)12(21-14)8(3)15-6-2/h8,10,15H,5-7H2,1-4H3,(H,17,19,20). The Bertz CT molecular complexity index is 543. The van der Waals surface area contributed by atoms with Crippen LogP contribution in [0.4, 0.5) is 5.13 Å². The molecule has 0 bridgehead atoms. The van der Waals surface area contributed by atoms with Crippen LogP contribution in [0, 0.1) is 6.92 Å². The van der Waals surface area contributed by atoms with Gasteiger partial charge in [-0.25, -0.2) is 4.98 Å². The number of nitrogens with one attached hydrogen (secondary N) is 2. The summed E-state index contributed by atoms with van der Waals surface area (Å²) in [4.78, 5) is 31.1. The molecule has 0 radical (unpaired) electrons. The third kappa shape index (κ3) is 3.24. The third-order valence-corrected chi connectivity index (χ3v) is 4.99. The van der Waals surface area contributed by atoms with Crippen LogP contribution in [0.1, 0.15) is 43.8 Å². The zero-order chi connectivity index (χ0) is 15.6. The number of rotatable bonds is 5. The molecule has 2 atom stereocenters. The highest BCUT2D eigenvalue weighted by Gasteiger charge is 2.34. The molecule has 1 aromatic heterocycles. The molecule has 116 valence electrons. The first-order valence-corrected chi connectivity index (χ1v) is 8.10. The highest BCUT2D eigenvalue weighted by atomic mass is 32.1. The first-order chi connectivity index (χ1) is 9.97. The van der Waals surface area contributed by atoms with Crippen LogP contribution in [0.3, 0.4) is 0 Å². The molecule has 2 amide bonds. The van der Waals surface area contributed by atoms with Crippen molar-refractivity contribution in [2.75, 3.05) is 18.0 Å². The number of piperazine rings is 1. The van der Waals surface area contributed by atoms with E-state index in [2.05, 4.69) is 29.5 Å². The minimum atomic E-state index is -0.324. The van der Waals surface area contributed by atoms with Crippen molar-refractivity contribution in [2.24, 2.45) is 0 Å². The summed E-state index contributed by atoms with van der Waals surface area (Å²) in [5, 5.41) is 6.51. The molecule has 1 aliphatic heterocycles. The monoisotopic (exact) mass is 310 g/mol. The van der Waals surface area contributed by atoms with Gasteiger partial charge in [-0.3, -0.25) is 14.9 Å². The van der Waals surface area contributed by atoms with Crippen molar-refractivity contribution in [3.05, 3.63) is 10.6 Å². The Morgan fingerprint density at radius 3 is 2.81 bits per heavy atom. The number of imide groups is 1.